The summed E-state index contributed by atoms with van der Waals surface area (Å²) in [5.41, 5.74) is 2.94. The Kier molecular flexibility index (Phi) is 8.09. The first kappa shape index (κ1) is 16.0. The van der Waals surface area contributed by atoms with Gasteiger partial charge in [-0.3, -0.25) is 0 Å². The van der Waals surface area contributed by atoms with Crippen LogP contribution in [0.3, 0.4) is 0 Å². The van der Waals surface area contributed by atoms with E-state index in [-0.39, 0.29) is 24.8 Å². The van der Waals surface area contributed by atoms with Gasteiger partial charge in [-0.1, -0.05) is 0 Å². The third kappa shape index (κ3) is 4.09. The van der Waals surface area contributed by atoms with Crippen LogP contribution >= 0.6 is 0 Å². The van der Waals surface area contributed by atoms with Gasteiger partial charge in [0.05, 0.1) is 0 Å². The molecule has 0 unspecified atom stereocenters. The minimum absolute atomic E-state index is 0. The molecule has 0 aromatic carbocycles. The Morgan fingerprint density at radius 2 is 2.19 bits per heavy atom. The average Bonchev–Trinajstić information content (AvgIpc) is 2.85. The Morgan fingerprint density at radius 1 is 1.38 bits per heavy atom. The van der Waals surface area contributed by atoms with E-state index in [1.807, 2.05) is 6.20 Å². The van der Waals surface area contributed by atoms with Crippen molar-refractivity contribution in [3.05, 3.63) is 53.8 Å². The molecule has 1 nitrogen and oxygen atoms in total. The molecule has 0 aliphatic heterocycles. The molecular formula is C12H13Cl2NZr. The number of aromatic amines is 1. The molecule has 1 heterocycles. The van der Waals surface area contributed by atoms with Crippen LogP contribution in [0.15, 0.2) is 53.8 Å². The van der Waals surface area contributed by atoms with Crippen LogP contribution in [-0.2, 0) is 23.2 Å². The van der Waals surface area contributed by atoms with Crippen molar-refractivity contribution >= 4 is 3.40 Å². The van der Waals surface area contributed by atoms with E-state index in [1.165, 1.54) is 18.7 Å². The van der Waals surface area contributed by atoms with Crippen molar-refractivity contribution in [1.29, 1.82) is 0 Å². The van der Waals surface area contributed by atoms with Crippen molar-refractivity contribution in [3.63, 3.8) is 0 Å². The first-order chi connectivity index (χ1) is 6.90. The third-order valence-corrected chi connectivity index (χ3v) is 5.39. The summed E-state index contributed by atoms with van der Waals surface area (Å²) in [6, 6.07) is 4.30. The molecule has 84 valence electrons. The molecule has 0 fully saturated rings. The van der Waals surface area contributed by atoms with Crippen molar-refractivity contribution in [2.24, 2.45) is 0 Å². The van der Waals surface area contributed by atoms with Gasteiger partial charge in [-0.15, -0.1) is 0 Å². The first-order valence-electron chi connectivity index (χ1n) is 4.81. The normalized spacial score (nSPS) is 15.1. The summed E-state index contributed by atoms with van der Waals surface area (Å²) in [5.74, 6) is 0. The second-order valence-electron chi connectivity index (χ2n) is 3.23. The Bertz CT molecular complexity index is 391. The molecule has 1 aliphatic carbocycles. The predicted molar refractivity (Wildman–Crippen MR) is 56.2 cm³/mol. The zero-order valence-electron chi connectivity index (χ0n) is 9.00. The van der Waals surface area contributed by atoms with E-state index < -0.39 is 23.2 Å². The van der Waals surface area contributed by atoms with Crippen LogP contribution in [0, 0.1) is 0 Å². The van der Waals surface area contributed by atoms with Gasteiger partial charge in [0.15, 0.2) is 0 Å². The molecule has 0 spiro atoms. The molecule has 2 rings (SSSR count). The minimum Gasteiger partial charge on any atom is -1.00 e. The monoisotopic (exact) mass is 331 g/mol. The number of nitrogens with one attached hydrogen (secondary N) is 1. The molecule has 0 saturated heterocycles. The van der Waals surface area contributed by atoms with Gasteiger partial charge in [0, 0.05) is 0 Å². The second kappa shape index (κ2) is 8.11. The number of hydrogen-bond acceptors (Lipinski definition) is 0. The fourth-order valence-electron chi connectivity index (χ4n) is 1.54. The molecule has 16 heavy (non-hydrogen) atoms. The van der Waals surface area contributed by atoms with Crippen molar-refractivity contribution in [2.75, 3.05) is 0 Å². The average molecular weight is 333 g/mol. The van der Waals surface area contributed by atoms with Crippen LogP contribution in [0.1, 0.15) is 6.92 Å². The third-order valence-electron chi connectivity index (χ3n) is 2.32. The zero-order chi connectivity index (χ0) is 9.80. The van der Waals surface area contributed by atoms with E-state index >= 15 is 0 Å². The van der Waals surface area contributed by atoms with Gasteiger partial charge >= 0.3 is 96.5 Å². The zero-order valence-corrected chi connectivity index (χ0v) is 13.0. The SMILES string of the molecule is CC=C1C=CC=C1[CH2][Zr+2][c]1ccc[nH]1.[Cl-].[Cl-]. The van der Waals surface area contributed by atoms with Gasteiger partial charge in [-0.05, 0) is 0 Å². The summed E-state index contributed by atoms with van der Waals surface area (Å²) in [5, 5.41) is 0. The van der Waals surface area contributed by atoms with Crippen molar-refractivity contribution in [2.45, 2.75) is 11.1 Å². The van der Waals surface area contributed by atoms with Crippen molar-refractivity contribution in [1.82, 2.24) is 4.98 Å². The molecule has 1 aromatic heterocycles. The van der Waals surface area contributed by atoms with E-state index in [1.54, 1.807) is 0 Å². The molecule has 0 saturated carbocycles. The Labute approximate surface area is 120 Å². The van der Waals surface area contributed by atoms with Gasteiger partial charge in [-0.25, -0.2) is 0 Å². The Morgan fingerprint density at radius 3 is 2.81 bits per heavy atom. The van der Waals surface area contributed by atoms with Gasteiger partial charge in [0.1, 0.15) is 0 Å². The molecular weight excluding hydrogens is 320 g/mol. The molecule has 0 atom stereocenters. The molecule has 0 radical (unpaired) electrons. The molecule has 1 aromatic rings. The number of rotatable bonds is 3. The van der Waals surface area contributed by atoms with E-state index in [0.29, 0.717) is 0 Å². The number of hydrogen-bond donors (Lipinski definition) is 1. The van der Waals surface area contributed by atoms with Crippen LogP contribution in [-0.4, -0.2) is 4.98 Å². The maximum absolute atomic E-state index is 3.30. The fraction of sp³-hybridized carbons (Fsp3) is 0.167. The van der Waals surface area contributed by atoms with Crippen LogP contribution < -0.4 is 28.2 Å². The first-order valence-corrected chi connectivity index (χ1v) is 7.78. The van der Waals surface area contributed by atoms with E-state index in [2.05, 4.69) is 48.3 Å². The number of halogens is 2. The Hall–Kier alpha value is -0.0369. The summed E-state index contributed by atoms with van der Waals surface area (Å²) in [4.78, 5) is 3.30. The van der Waals surface area contributed by atoms with Gasteiger partial charge in [0.2, 0.25) is 0 Å². The molecule has 1 N–H and O–H groups in total. The van der Waals surface area contributed by atoms with Crippen LogP contribution in [0.4, 0.5) is 0 Å². The second-order valence-corrected chi connectivity index (χ2v) is 6.29. The number of allylic oxidation sites excluding steroid dienone is 6. The summed E-state index contributed by atoms with van der Waals surface area (Å²) in [6.07, 6.45) is 10.8. The topological polar surface area (TPSA) is 15.8 Å². The fourth-order valence-corrected chi connectivity index (χ4v) is 4.25. The summed E-state index contributed by atoms with van der Waals surface area (Å²) < 4.78 is 2.77. The van der Waals surface area contributed by atoms with Crippen LogP contribution in [0.2, 0.25) is 4.13 Å². The summed E-state index contributed by atoms with van der Waals surface area (Å²) in [6.45, 7) is 2.11. The number of aromatic nitrogens is 1. The quantitative estimate of drug-likeness (QED) is 0.593. The van der Waals surface area contributed by atoms with E-state index in [0.717, 1.165) is 0 Å². The maximum Gasteiger partial charge on any atom is -1.00 e. The van der Waals surface area contributed by atoms with Crippen LogP contribution in [0.5, 0.6) is 0 Å². The van der Waals surface area contributed by atoms with Gasteiger partial charge in [-0.2, -0.15) is 0 Å². The molecule has 0 bridgehead atoms. The maximum atomic E-state index is 3.30. The van der Waals surface area contributed by atoms with E-state index in [4.69, 9.17) is 0 Å². The standard InChI is InChI=1S/C8H9.C4H4N.2ClH.Zr/c1-3-8-6-4-5-7(8)2;1-2-4-5-3-1;;;/h3-6H,2H2,1H3;1-3,5H;2*1H;/q;;;;+2/p-2. The van der Waals surface area contributed by atoms with E-state index in [9.17, 15) is 0 Å². The molecule has 0 amide bonds. The summed E-state index contributed by atoms with van der Waals surface area (Å²) >= 11 is -0.422. The van der Waals surface area contributed by atoms with Gasteiger partial charge in [0.25, 0.3) is 0 Å². The van der Waals surface area contributed by atoms with Crippen LogP contribution in [0.25, 0.3) is 0 Å². The minimum atomic E-state index is -0.422. The molecule has 1 aliphatic rings. The largest absolute Gasteiger partial charge is 1.00 e. The Balaban J connectivity index is 0.00000112. The van der Waals surface area contributed by atoms with Gasteiger partial charge < -0.3 is 24.8 Å². The molecule has 4 heteroatoms. The smallest absolute Gasteiger partial charge is 1.00 e. The number of H-pyrrole nitrogens is 1. The predicted octanol–water partition coefficient (Wildman–Crippen LogP) is -3.41. The van der Waals surface area contributed by atoms with Crippen molar-refractivity contribution in [3.8, 4) is 0 Å². The van der Waals surface area contributed by atoms with Crippen molar-refractivity contribution < 1.29 is 48.0 Å². The summed E-state index contributed by atoms with van der Waals surface area (Å²) in [7, 11) is 0.